The fourth-order valence-corrected chi connectivity index (χ4v) is 7.05. The molecule has 79 heavy (non-hydrogen) atoms. The molecule has 0 aromatic heterocycles. The van der Waals surface area contributed by atoms with Crippen molar-refractivity contribution in [3.63, 3.8) is 0 Å². The normalized spacial score (nSPS) is 13.0. The van der Waals surface area contributed by atoms with Crippen LogP contribution >= 0.6 is 0 Å². The van der Waals surface area contributed by atoms with Crippen molar-refractivity contribution in [3.8, 4) is 28.0 Å². The van der Waals surface area contributed by atoms with E-state index in [1.165, 1.54) is 55.6 Å². The van der Waals surface area contributed by atoms with Crippen LogP contribution in [-0.2, 0) is 50.0 Å². The van der Waals surface area contributed by atoms with E-state index in [1.54, 1.807) is 0 Å². The van der Waals surface area contributed by atoms with E-state index < -0.39 is 0 Å². The van der Waals surface area contributed by atoms with E-state index in [9.17, 15) is 0 Å². The molecule has 3 saturated heterocycles. The first-order valence-corrected chi connectivity index (χ1v) is 30.3. The zero-order valence-corrected chi connectivity index (χ0v) is 52.7. The van der Waals surface area contributed by atoms with Gasteiger partial charge in [-0.05, 0) is 93.5 Å². The van der Waals surface area contributed by atoms with Gasteiger partial charge in [-0.2, -0.15) is 0 Å². The van der Waals surface area contributed by atoms with E-state index >= 15 is 0 Å². The maximum Gasteiger partial charge on any atom is 0.119 e. The first-order valence-electron chi connectivity index (χ1n) is 30.3. The molecule has 10 rings (SSSR count). The van der Waals surface area contributed by atoms with E-state index in [1.807, 2.05) is 164 Å². The molecular weight excluding hydrogens is 973 g/mol. The summed E-state index contributed by atoms with van der Waals surface area (Å²) in [5.41, 5.74) is 13.4. The molecule has 0 radical (unpaired) electrons. The number of ether oxygens (including phenoxy) is 2. The number of para-hydroxylation sites is 1. The maximum atomic E-state index is 5.40. The average molecular weight is 1080 g/mol. The lowest BCUT2D eigenvalue weighted by atomic mass is 10.0. The van der Waals surface area contributed by atoms with Crippen molar-refractivity contribution in [1.82, 2.24) is 0 Å². The molecule has 1 atom stereocenters. The van der Waals surface area contributed by atoms with Gasteiger partial charge in [0.15, 0.2) is 0 Å². The van der Waals surface area contributed by atoms with E-state index in [2.05, 4.69) is 149 Å². The van der Waals surface area contributed by atoms with Crippen LogP contribution in [0.1, 0.15) is 170 Å². The largest absolute Gasteiger partial charge is 0.491 e. The molecule has 0 amide bonds. The van der Waals surface area contributed by atoms with Gasteiger partial charge in [0, 0.05) is 11.8 Å². The number of hydrogen-bond donors (Lipinski definition) is 0. The van der Waals surface area contributed by atoms with Crippen molar-refractivity contribution >= 4 is 0 Å². The van der Waals surface area contributed by atoms with Gasteiger partial charge in [-0.3, -0.25) is 0 Å². The molecule has 0 N–H and O–H groups in total. The fraction of sp³-hybridized carbons (Fsp3) is 0.425. The van der Waals surface area contributed by atoms with Crippen LogP contribution < -0.4 is 4.74 Å². The van der Waals surface area contributed by atoms with Crippen LogP contribution in [0.4, 0.5) is 0 Å². The van der Waals surface area contributed by atoms with Crippen LogP contribution in [0.15, 0.2) is 188 Å². The quantitative estimate of drug-likeness (QED) is 0.0950. The van der Waals surface area contributed by atoms with E-state index in [0.717, 1.165) is 38.0 Å². The van der Waals surface area contributed by atoms with Crippen LogP contribution in [0.5, 0.6) is 5.75 Å². The van der Waals surface area contributed by atoms with Gasteiger partial charge in [0.25, 0.3) is 0 Å². The molecule has 6 nitrogen and oxygen atoms in total. The number of benzene rings is 7. The first kappa shape index (κ1) is 75.2. The van der Waals surface area contributed by atoms with E-state index in [4.69, 9.17) is 29.0 Å². The Hall–Kier alpha value is -5.86. The first-order chi connectivity index (χ1) is 39.0. The molecule has 3 fully saturated rings. The molecule has 3 aliphatic rings. The monoisotopic (exact) mass is 1080 g/mol. The van der Waals surface area contributed by atoms with Crippen molar-refractivity contribution in [2.24, 2.45) is 0 Å². The van der Waals surface area contributed by atoms with E-state index in [0.29, 0.717) is 51.0 Å². The summed E-state index contributed by atoms with van der Waals surface area (Å²) in [5, 5.41) is 0. The lowest BCUT2D eigenvalue weighted by Crippen LogP contribution is -2.03. The van der Waals surface area contributed by atoms with E-state index in [-0.39, 0.29) is 0 Å². The Morgan fingerprint density at radius 2 is 0.532 bits per heavy atom. The molecule has 436 valence electrons. The summed E-state index contributed by atoms with van der Waals surface area (Å²) in [6.07, 6.45) is 4.77. The second-order valence-corrected chi connectivity index (χ2v) is 16.1. The van der Waals surface area contributed by atoms with Gasteiger partial charge in [0.2, 0.25) is 0 Å². The molecule has 0 bridgehead atoms. The Balaban J connectivity index is 0. The third-order valence-electron chi connectivity index (χ3n) is 11.5. The standard InChI is InChI=1S/2C16H18.3C9H10O2.7C2H6/c2*1-3-13-5-9-15(10-6-13)16-11-7-14(4-2)8-12-16;1-2-4-8(5-3-1)10-6-9-7-11-9;2*1-2-4-8(5-3-1)9-6-10-11-7-9;7*1-2/h2*5-12H,3-4H2,1-2H3;3*1-5,9H,6-7H2;7*1-2H3. The third-order valence-corrected chi connectivity index (χ3v) is 11.5. The second-order valence-electron chi connectivity index (χ2n) is 16.1. The van der Waals surface area contributed by atoms with Crippen molar-refractivity contribution in [1.29, 1.82) is 0 Å². The van der Waals surface area contributed by atoms with Crippen molar-refractivity contribution < 1.29 is 29.0 Å². The molecule has 1 unspecified atom stereocenters. The van der Waals surface area contributed by atoms with Crippen molar-refractivity contribution in [3.05, 3.63) is 221 Å². The second kappa shape index (κ2) is 52.8. The Labute approximate surface area is 484 Å². The molecule has 7 aromatic rings. The van der Waals surface area contributed by atoms with Crippen LogP contribution in [0.25, 0.3) is 22.3 Å². The highest BCUT2D eigenvalue weighted by Gasteiger charge is 2.23. The van der Waals surface area contributed by atoms with Gasteiger partial charge in [-0.25, -0.2) is 19.6 Å². The van der Waals surface area contributed by atoms with Crippen LogP contribution in [0.3, 0.4) is 0 Å². The number of hydrogen-bond acceptors (Lipinski definition) is 6. The Kier molecular flexibility index (Phi) is 50.3. The Bertz CT molecular complexity index is 2050. The van der Waals surface area contributed by atoms with Crippen LogP contribution in [0, 0.1) is 0 Å². The summed E-state index contributed by atoms with van der Waals surface area (Å²) in [7, 11) is 0. The lowest BCUT2D eigenvalue weighted by Gasteiger charge is -2.04. The smallest absolute Gasteiger partial charge is 0.119 e. The van der Waals surface area contributed by atoms with Gasteiger partial charge in [-0.15, -0.1) is 0 Å². The fourth-order valence-electron chi connectivity index (χ4n) is 7.05. The summed E-state index contributed by atoms with van der Waals surface area (Å²) in [6, 6.07) is 65.7. The van der Waals surface area contributed by atoms with Gasteiger partial charge >= 0.3 is 0 Å². The SMILES string of the molecule is CC.CC.CC.CC.CC.CC.CC.CCc1ccc(-c2ccc(CC)cc2)cc1.CCc1ccc(-c2ccc(CC)cc2)cc1.c1ccc(C2COOC2)cc1.c1ccc(C2COOC2)cc1.c1ccc(OCC2CO2)cc1. The zero-order chi connectivity index (χ0) is 59.3. The van der Waals surface area contributed by atoms with Gasteiger partial charge < -0.3 is 9.47 Å². The summed E-state index contributed by atoms with van der Waals surface area (Å²) >= 11 is 0. The molecule has 0 aliphatic carbocycles. The summed E-state index contributed by atoms with van der Waals surface area (Å²) < 4.78 is 10.4. The summed E-state index contributed by atoms with van der Waals surface area (Å²) in [4.78, 5) is 19.2. The highest BCUT2D eigenvalue weighted by molar-refractivity contribution is 5.65. The maximum absolute atomic E-state index is 5.40. The highest BCUT2D eigenvalue weighted by atomic mass is 17.2. The predicted octanol–water partition coefficient (Wildman–Crippen LogP) is 21.1. The van der Waals surface area contributed by atoms with Crippen molar-refractivity contribution in [2.45, 2.75) is 168 Å². The summed E-state index contributed by atoms with van der Waals surface area (Å²) in [6.45, 7) is 41.0. The van der Waals surface area contributed by atoms with Crippen LogP contribution in [-0.4, -0.2) is 45.7 Å². The minimum Gasteiger partial charge on any atom is -0.491 e. The molecule has 3 heterocycles. The molecule has 0 saturated carbocycles. The molecule has 0 spiro atoms. The molecule has 7 aromatic carbocycles. The predicted molar refractivity (Wildman–Crippen MR) is 345 cm³/mol. The Morgan fingerprint density at radius 3 is 0.747 bits per heavy atom. The highest BCUT2D eigenvalue weighted by Crippen LogP contribution is 2.24. The van der Waals surface area contributed by atoms with Gasteiger partial charge in [0.05, 0.1) is 33.0 Å². The number of epoxide rings is 1. The number of rotatable bonds is 11. The topological polar surface area (TPSA) is 58.7 Å². The minimum absolute atomic E-state index is 0.343. The van der Waals surface area contributed by atoms with Gasteiger partial charge in [-0.1, -0.05) is 301 Å². The minimum atomic E-state index is 0.343. The molecular formula is C73H108O6. The van der Waals surface area contributed by atoms with Gasteiger partial charge in [0.1, 0.15) is 18.5 Å². The van der Waals surface area contributed by atoms with Crippen LogP contribution in [0.2, 0.25) is 0 Å². The number of aryl methyl sites for hydroxylation is 4. The zero-order valence-electron chi connectivity index (χ0n) is 52.7. The summed E-state index contributed by atoms with van der Waals surface area (Å²) in [5.74, 6) is 1.77. The lowest BCUT2D eigenvalue weighted by molar-refractivity contribution is -0.248. The molecule has 3 aliphatic heterocycles. The van der Waals surface area contributed by atoms with Crippen molar-refractivity contribution in [2.75, 3.05) is 39.6 Å². The Morgan fingerprint density at radius 1 is 0.304 bits per heavy atom. The average Bonchev–Trinajstić information content (AvgIpc) is 3.92. The molecule has 6 heteroatoms. The third kappa shape index (κ3) is 32.7.